The number of carbonyl (C=O) groups excluding carboxylic acids is 1. The summed E-state index contributed by atoms with van der Waals surface area (Å²) in [4.78, 5) is 12.5. The third-order valence-electron chi connectivity index (χ3n) is 1.32. The van der Waals surface area contributed by atoms with Gasteiger partial charge >= 0.3 is 0 Å². The average molecular weight is 142 g/mol. The fraction of sp³-hybridized carbons (Fsp3) is 0.750. The summed E-state index contributed by atoms with van der Waals surface area (Å²) in [5.41, 5.74) is 0. The largest absolute Gasteiger partial charge is 0.349 e. The van der Waals surface area contributed by atoms with E-state index in [9.17, 15) is 4.79 Å². The van der Waals surface area contributed by atoms with E-state index >= 15 is 0 Å². The van der Waals surface area contributed by atoms with Crippen LogP contribution in [0.25, 0.3) is 0 Å². The molecule has 10 heavy (non-hydrogen) atoms. The number of hydrogen-bond acceptors (Lipinski definition) is 1. The first kappa shape index (κ1) is 9.47. The highest BCUT2D eigenvalue weighted by Crippen LogP contribution is 1.98. The van der Waals surface area contributed by atoms with E-state index in [-0.39, 0.29) is 5.91 Å². The van der Waals surface area contributed by atoms with Crippen molar-refractivity contribution in [1.82, 2.24) is 4.90 Å². The number of amides is 1. The lowest BCUT2D eigenvalue weighted by molar-refractivity contribution is -0.125. The first-order valence-corrected chi connectivity index (χ1v) is 3.73. The van der Waals surface area contributed by atoms with Gasteiger partial charge in [-0.15, -0.1) is 0 Å². The minimum atomic E-state index is 0.119. The van der Waals surface area contributed by atoms with Gasteiger partial charge in [0.2, 0.25) is 5.91 Å². The molecule has 2 nitrogen and oxygen atoms in total. The van der Waals surface area contributed by atoms with Crippen LogP contribution in [-0.4, -0.2) is 24.9 Å². The normalized spacial score (nSPS) is 9.50. The Kier molecular flexibility index (Phi) is 4.99. The molecule has 0 N–H and O–H groups in total. The fourth-order valence-corrected chi connectivity index (χ4v) is 0.612. The van der Waals surface area contributed by atoms with Gasteiger partial charge in [-0.25, -0.2) is 0 Å². The maximum absolute atomic E-state index is 10.9. The zero-order valence-electron chi connectivity index (χ0n) is 7.05. The summed E-state index contributed by atoms with van der Waals surface area (Å²) in [6, 6.07) is 0. The van der Waals surface area contributed by atoms with Gasteiger partial charge in [-0.3, -0.25) is 4.79 Å². The van der Waals surface area contributed by atoms with Crippen molar-refractivity contribution in [2.75, 3.05) is 14.1 Å². The lowest BCUT2D eigenvalue weighted by Gasteiger charge is -2.08. The Hall–Kier alpha value is -0.530. The van der Waals surface area contributed by atoms with Gasteiger partial charge in [-0.05, 0) is 6.42 Å². The number of rotatable bonds is 4. The quantitative estimate of drug-likeness (QED) is 0.544. The Morgan fingerprint density at radius 2 is 2.10 bits per heavy atom. The minimum Gasteiger partial charge on any atom is -0.349 e. The molecule has 0 aromatic heterocycles. The molecule has 0 aromatic rings. The average Bonchev–Trinajstić information content (AvgIpc) is 1.88. The van der Waals surface area contributed by atoms with E-state index in [1.165, 1.54) is 0 Å². The first-order valence-electron chi connectivity index (χ1n) is 3.73. The SMILES string of the molecule is CCCC[CH]C(=O)N(C)C. The summed E-state index contributed by atoms with van der Waals surface area (Å²) in [5.74, 6) is 0.119. The molecule has 0 rings (SSSR count). The zero-order valence-corrected chi connectivity index (χ0v) is 7.05. The molecule has 0 atom stereocenters. The van der Waals surface area contributed by atoms with E-state index in [2.05, 4.69) is 6.92 Å². The van der Waals surface area contributed by atoms with Crippen molar-refractivity contribution in [2.45, 2.75) is 26.2 Å². The Labute approximate surface area is 63.2 Å². The Balaban J connectivity index is 3.22. The molecular weight excluding hydrogens is 126 g/mol. The van der Waals surface area contributed by atoms with E-state index < -0.39 is 0 Å². The van der Waals surface area contributed by atoms with Gasteiger partial charge in [0.25, 0.3) is 0 Å². The lowest BCUT2D eigenvalue weighted by Crippen LogP contribution is -2.21. The lowest BCUT2D eigenvalue weighted by atomic mass is 10.2. The van der Waals surface area contributed by atoms with Gasteiger partial charge in [0.1, 0.15) is 0 Å². The zero-order chi connectivity index (χ0) is 7.98. The van der Waals surface area contributed by atoms with Gasteiger partial charge in [-0.2, -0.15) is 0 Å². The second-order valence-corrected chi connectivity index (χ2v) is 2.58. The van der Waals surface area contributed by atoms with E-state index in [0.29, 0.717) is 0 Å². The molecule has 0 aliphatic carbocycles. The van der Waals surface area contributed by atoms with Crippen LogP contribution in [-0.2, 0) is 4.79 Å². The smallest absolute Gasteiger partial charge is 0.225 e. The van der Waals surface area contributed by atoms with Gasteiger partial charge in [0.15, 0.2) is 0 Å². The molecule has 0 saturated carbocycles. The molecule has 0 aliphatic rings. The summed E-state index contributed by atoms with van der Waals surface area (Å²) in [6.07, 6.45) is 4.91. The molecule has 0 fully saturated rings. The molecule has 2 heteroatoms. The minimum absolute atomic E-state index is 0.119. The van der Waals surface area contributed by atoms with Crippen LogP contribution in [0.15, 0.2) is 0 Å². The molecule has 0 aromatic carbocycles. The van der Waals surface area contributed by atoms with Crippen molar-refractivity contribution >= 4 is 5.91 Å². The number of unbranched alkanes of at least 4 members (excludes halogenated alkanes) is 2. The Bertz CT molecular complexity index is 99.4. The number of nitrogens with zero attached hydrogens (tertiary/aromatic N) is 1. The number of hydrogen-bond donors (Lipinski definition) is 0. The Morgan fingerprint density at radius 3 is 2.50 bits per heavy atom. The summed E-state index contributed by atoms with van der Waals surface area (Å²) in [5, 5.41) is 0. The second kappa shape index (κ2) is 5.27. The molecule has 59 valence electrons. The van der Waals surface area contributed by atoms with Crippen LogP contribution >= 0.6 is 0 Å². The molecule has 0 spiro atoms. The molecule has 0 unspecified atom stereocenters. The first-order chi connectivity index (χ1) is 4.68. The monoisotopic (exact) mass is 142 g/mol. The fourth-order valence-electron chi connectivity index (χ4n) is 0.612. The predicted molar refractivity (Wildman–Crippen MR) is 42.5 cm³/mol. The highest BCUT2D eigenvalue weighted by molar-refractivity contribution is 5.84. The summed E-state index contributed by atoms with van der Waals surface area (Å²) < 4.78 is 0. The van der Waals surface area contributed by atoms with E-state index in [0.717, 1.165) is 19.3 Å². The van der Waals surface area contributed by atoms with Gasteiger partial charge in [0, 0.05) is 20.5 Å². The molecule has 0 aliphatic heterocycles. The maximum Gasteiger partial charge on any atom is 0.225 e. The second-order valence-electron chi connectivity index (χ2n) is 2.58. The van der Waals surface area contributed by atoms with Crippen LogP contribution in [0.1, 0.15) is 26.2 Å². The van der Waals surface area contributed by atoms with Crippen LogP contribution in [0.3, 0.4) is 0 Å². The highest BCUT2D eigenvalue weighted by Gasteiger charge is 2.01. The van der Waals surface area contributed by atoms with Crippen LogP contribution in [0, 0.1) is 6.42 Å². The highest BCUT2D eigenvalue weighted by atomic mass is 16.2. The molecule has 0 saturated heterocycles. The van der Waals surface area contributed by atoms with Crippen LogP contribution in [0.5, 0.6) is 0 Å². The standard InChI is InChI=1S/C8H16NO/c1-4-5-6-7-8(10)9(2)3/h7H,4-6H2,1-3H3. The van der Waals surface area contributed by atoms with Gasteiger partial charge in [-0.1, -0.05) is 19.8 Å². The van der Waals surface area contributed by atoms with E-state index in [1.807, 2.05) is 0 Å². The number of carbonyl (C=O) groups is 1. The molecular formula is C8H16NO. The van der Waals surface area contributed by atoms with Crippen molar-refractivity contribution in [3.05, 3.63) is 6.42 Å². The summed E-state index contributed by atoms with van der Waals surface area (Å²) >= 11 is 0. The third-order valence-corrected chi connectivity index (χ3v) is 1.32. The topological polar surface area (TPSA) is 20.3 Å². The van der Waals surface area contributed by atoms with E-state index in [1.54, 1.807) is 25.4 Å². The van der Waals surface area contributed by atoms with Crippen molar-refractivity contribution in [3.8, 4) is 0 Å². The molecule has 0 heterocycles. The molecule has 1 radical (unpaired) electrons. The van der Waals surface area contributed by atoms with Gasteiger partial charge in [0.05, 0.1) is 0 Å². The van der Waals surface area contributed by atoms with Crippen molar-refractivity contribution < 1.29 is 4.79 Å². The third kappa shape index (κ3) is 4.36. The Morgan fingerprint density at radius 1 is 1.50 bits per heavy atom. The maximum atomic E-state index is 10.9. The molecule has 1 amide bonds. The summed E-state index contributed by atoms with van der Waals surface area (Å²) in [6.45, 7) is 2.12. The summed E-state index contributed by atoms with van der Waals surface area (Å²) in [7, 11) is 3.54. The van der Waals surface area contributed by atoms with Gasteiger partial charge < -0.3 is 4.90 Å². The van der Waals surface area contributed by atoms with E-state index in [4.69, 9.17) is 0 Å². The van der Waals surface area contributed by atoms with Crippen LogP contribution in [0.4, 0.5) is 0 Å². The molecule has 0 bridgehead atoms. The predicted octanol–water partition coefficient (Wildman–Crippen LogP) is 1.47. The van der Waals surface area contributed by atoms with Crippen LogP contribution in [0.2, 0.25) is 0 Å². The van der Waals surface area contributed by atoms with Crippen molar-refractivity contribution in [1.29, 1.82) is 0 Å². The van der Waals surface area contributed by atoms with Crippen LogP contribution < -0.4 is 0 Å². The van der Waals surface area contributed by atoms with Crippen molar-refractivity contribution in [3.63, 3.8) is 0 Å². The van der Waals surface area contributed by atoms with Crippen molar-refractivity contribution in [2.24, 2.45) is 0 Å².